The summed E-state index contributed by atoms with van der Waals surface area (Å²) in [5, 5.41) is 2.14. The summed E-state index contributed by atoms with van der Waals surface area (Å²) in [6.07, 6.45) is 4.68. The number of nitrogens with one attached hydrogen (secondary N) is 1. The van der Waals surface area contributed by atoms with Crippen LogP contribution in [0.3, 0.4) is 0 Å². The van der Waals surface area contributed by atoms with E-state index in [1.165, 1.54) is 36.9 Å². The molecule has 0 saturated carbocycles. The van der Waals surface area contributed by atoms with Gasteiger partial charge in [-0.3, -0.25) is 0 Å². The Hall–Kier alpha value is -0.990. The van der Waals surface area contributed by atoms with Gasteiger partial charge in [-0.2, -0.15) is 0 Å². The zero-order valence-corrected chi connectivity index (χ0v) is 10.8. The Morgan fingerprint density at radius 3 is 2.82 bits per heavy atom. The molecule has 1 aromatic heterocycles. The molecule has 0 bridgehead atoms. The fraction of sp³-hybridized carbons (Fsp3) is 0.429. The van der Waals surface area contributed by atoms with Gasteiger partial charge in [0.1, 0.15) is 0 Å². The second-order valence-corrected chi connectivity index (χ2v) is 5.45. The highest BCUT2D eigenvalue weighted by molar-refractivity contribution is 6.31. The fourth-order valence-electron chi connectivity index (χ4n) is 2.78. The molecular formula is C14H17ClN2. The van der Waals surface area contributed by atoms with Crippen LogP contribution in [0.1, 0.15) is 24.3 Å². The van der Waals surface area contributed by atoms with Gasteiger partial charge in [-0.25, -0.2) is 0 Å². The molecule has 2 nitrogen and oxygen atoms in total. The molecule has 0 amide bonds. The molecule has 1 fully saturated rings. The molecule has 3 heteroatoms. The van der Waals surface area contributed by atoms with Crippen molar-refractivity contribution < 1.29 is 0 Å². The lowest BCUT2D eigenvalue weighted by molar-refractivity contribution is 0.256. The highest BCUT2D eigenvalue weighted by Gasteiger charge is 2.20. The Kier molecular flexibility index (Phi) is 2.85. The third kappa shape index (κ3) is 2.07. The largest absolute Gasteiger partial charge is 0.361 e. The molecule has 2 aromatic rings. The van der Waals surface area contributed by atoms with Gasteiger partial charge in [-0.05, 0) is 56.6 Å². The minimum atomic E-state index is 0.695. The van der Waals surface area contributed by atoms with Gasteiger partial charge >= 0.3 is 0 Å². The number of hydrogen-bond donors (Lipinski definition) is 1. The van der Waals surface area contributed by atoms with Crippen LogP contribution in [0.15, 0.2) is 24.4 Å². The monoisotopic (exact) mass is 248 g/mol. The van der Waals surface area contributed by atoms with Gasteiger partial charge in [0.2, 0.25) is 0 Å². The van der Waals surface area contributed by atoms with Crippen LogP contribution in [0.25, 0.3) is 10.9 Å². The van der Waals surface area contributed by atoms with Gasteiger partial charge in [-0.15, -0.1) is 0 Å². The number of halogens is 1. The van der Waals surface area contributed by atoms with Crippen molar-refractivity contribution in [3.63, 3.8) is 0 Å². The number of aromatic amines is 1. The Morgan fingerprint density at radius 2 is 2.06 bits per heavy atom. The van der Waals surface area contributed by atoms with E-state index in [1.54, 1.807) is 0 Å². The Labute approximate surface area is 107 Å². The predicted octanol–water partition coefficient (Wildman–Crippen LogP) is 3.63. The van der Waals surface area contributed by atoms with Gasteiger partial charge in [0, 0.05) is 22.1 Å². The first kappa shape index (κ1) is 11.1. The number of fused-ring (bicyclic) bond motifs is 1. The van der Waals surface area contributed by atoms with Crippen molar-refractivity contribution in [1.82, 2.24) is 9.88 Å². The molecule has 0 aliphatic carbocycles. The second-order valence-electron chi connectivity index (χ2n) is 5.01. The van der Waals surface area contributed by atoms with Crippen molar-refractivity contribution in [2.75, 3.05) is 20.1 Å². The molecule has 1 aliphatic rings. The molecule has 17 heavy (non-hydrogen) atoms. The maximum atomic E-state index is 6.01. The van der Waals surface area contributed by atoms with Crippen LogP contribution in [0.5, 0.6) is 0 Å². The van der Waals surface area contributed by atoms with E-state index in [2.05, 4.69) is 29.2 Å². The van der Waals surface area contributed by atoms with Crippen molar-refractivity contribution in [2.24, 2.45) is 0 Å². The van der Waals surface area contributed by atoms with Crippen LogP contribution in [-0.2, 0) is 0 Å². The molecule has 1 saturated heterocycles. The predicted molar refractivity (Wildman–Crippen MR) is 72.8 cm³/mol. The van der Waals surface area contributed by atoms with E-state index in [-0.39, 0.29) is 0 Å². The highest BCUT2D eigenvalue weighted by Crippen LogP contribution is 2.33. The third-order valence-electron chi connectivity index (χ3n) is 3.83. The molecule has 1 aliphatic heterocycles. The summed E-state index contributed by atoms with van der Waals surface area (Å²) < 4.78 is 0. The summed E-state index contributed by atoms with van der Waals surface area (Å²) in [5.41, 5.74) is 2.62. The van der Waals surface area contributed by atoms with Crippen molar-refractivity contribution in [2.45, 2.75) is 18.8 Å². The SMILES string of the molecule is CN1CCC(c2c[nH]c3cc(Cl)ccc23)CC1. The summed E-state index contributed by atoms with van der Waals surface area (Å²) in [6, 6.07) is 6.13. The van der Waals surface area contributed by atoms with E-state index in [0.717, 1.165) is 10.5 Å². The van der Waals surface area contributed by atoms with E-state index in [1.807, 2.05) is 12.1 Å². The molecule has 0 unspecified atom stereocenters. The van der Waals surface area contributed by atoms with Crippen LogP contribution in [0.2, 0.25) is 5.02 Å². The normalized spacial score (nSPS) is 18.9. The van der Waals surface area contributed by atoms with Crippen molar-refractivity contribution in [3.8, 4) is 0 Å². The van der Waals surface area contributed by atoms with Gasteiger partial charge in [0.05, 0.1) is 0 Å². The molecule has 1 N–H and O–H groups in total. The summed E-state index contributed by atoms with van der Waals surface area (Å²) >= 11 is 6.01. The van der Waals surface area contributed by atoms with Crippen molar-refractivity contribution in [1.29, 1.82) is 0 Å². The van der Waals surface area contributed by atoms with E-state index in [9.17, 15) is 0 Å². The molecule has 0 spiro atoms. The van der Waals surface area contributed by atoms with Gasteiger partial charge in [0.15, 0.2) is 0 Å². The number of likely N-dealkylation sites (tertiary alicyclic amines) is 1. The van der Waals surface area contributed by atoms with Gasteiger partial charge in [-0.1, -0.05) is 17.7 Å². The summed E-state index contributed by atoms with van der Waals surface area (Å²) in [5.74, 6) is 0.695. The van der Waals surface area contributed by atoms with Gasteiger partial charge in [0.25, 0.3) is 0 Å². The summed E-state index contributed by atoms with van der Waals surface area (Å²) in [4.78, 5) is 5.74. The number of piperidine rings is 1. The zero-order chi connectivity index (χ0) is 11.8. The summed E-state index contributed by atoms with van der Waals surface area (Å²) in [6.45, 7) is 2.40. The van der Waals surface area contributed by atoms with Crippen LogP contribution in [0, 0.1) is 0 Å². The number of H-pyrrole nitrogens is 1. The highest BCUT2D eigenvalue weighted by atomic mass is 35.5. The molecule has 0 atom stereocenters. The molecule has 90 valence electrons. The number of benzene rings is 1. The number of hydrogen-bond acceptors (Lipinski definition) is 1. The lowest BCUT2D eigenvalue weighted by atomic mass is 9.89. The molecule has 0 radical (unpaired) electrons. The average molecular weight is 249 g/mol. The van der Waals surface area contributed by atoms with E-state index < -0.39 is 0 Å². The van der Waals surface area contributed by atoms with Gasteiger partial charge < -0.3 is 9.88 Å². The zero-order valence-electron chi connectivity index (χ0n) is 10.0. The first-order chi connectivity index (χ1) is 8.24. The topological polar surface area (TPSA) is 19.0 Å². The molecular weight excluding hydrogens is 232 g/mol. The van der Waals surface area contributed by atoms with E-state index in [0.29, 0.717) is 5.92 Å². The van der Waals surface area contributed by atoms with Crippen LogP contribution >= 0.6 is 11.6 Å². The van der Waals surface area contributed by atoms with E-state index in [4.69, 9.17) is 11.6 Å². The van der Waals surface area contributed by atoms with E-state index >= 15 is 0 Å². The third-order valence-corrected chi connectivity index (χ3v) is 4.07. The summed E-state index contributed by atoms with van der Waals surface area (Å²) in [7, 11) is 2.20. The van der Waals surface area contributed by atoms with Crippen LogP contribution in [0.4, 0.5) is 0 Å². The maximum absolute atomic E-state index is 6.01. The standard InChI is InChI=1S/C14H17ClN2/c1-17-6-4-10(5-7-17)13-9-16-14-8-11(15)2-3-12(13)14/h2-3,8-10,16H,4-7H2,1H3. The minimum absolute atomic E-state index is 0.695. The Morgan fingerprint density at radius 1 is 1.29 bits per heavy atom. The lowest BCUT2D eigenvalue weighted by Crippen LogP contribution is -2.29. The second kappa shape index (κ2) is 4.35. The number of rotatable bonds is 1. The average Bonchev–Trinajstić information content (AvgIpc) is 2.73. The number of aromatic nitrogens is 1. The van der Waals surface area contributed by atoms with Crippen LogP contribution in [-0.4, -0.2) is 30.0 Å². The van der Waals surface area contributed by atoms with Crippen molar-refractivity contribution in [3.05, 3.63) is 35.0 Å². The smallest absolute Gasteiger partial charge is 0.0471 e. The fourth-order valence-corrected chi connectivity index (χ4v) is 2.95. The molecule has 2 heterocycles. The maximum Gasteiger partial charge on any atom is 0.0471 e. The quantitative estimate of drug-likeness (QED) is 0.817. The Bertz CT molecular complexity index is 524. The number of nitrogens with zero attached hydrogens (tertiary/aromatic N) is 1. The minimum Gasteiger partial charge on any atom is -0.361 e. The Balaban J connectivity index is 1.95. The first-order valence-corrected chi connectivity index (χ1v) is 6.57. The molecule has 1 aromatic carbocycles. The lowest BCUT2D eigenvalue weighted by Gasteiger charge is -2.28. The molecule has 3 rings (SSSR count). The van der Waals surface area contributed by atoms with Crippen LogP contribution < -0.4 is 0 Å². The first-order valence-electron chi connectivity index (χ1n) is 6.19. The van der Waals surface area contributed by atoms with Crippen molar-refractivity contribution >= 4 is 22.5 Å².